The number of hydrogen-bond acceptors (Lipinski definition) is 4. The van der Waals surface area contributed by atoms with Crippen molar-refractivity contribution in [2.45, 2.75) is 26.8 Å². The summed E-state index contributed by atoms with van der Waals surface area (Å²) in [5, 5.41) is 3.73. The van der Waals surface area contributed by atoms with Crippen LogP contribution in [-0.4, -0.2) is 9.13 Å². The predicted molar refractivity (Wildman–Crippen MR) is 138 cm³/mol. The van der Waals surface area contributed by atoms with Gasteiger partial charge in [-0.3, -0.25) is 14.2 Å². The van der Waals surface area contributed by atoms with Gasteiger partial charge < -0.3 is 10.4 Å². The quantitative estimate of drug-likeness (QED) is 0.283. The zero-order valence-electron chi connectivity index (χ0n) is 18.8. The molecule has 0 fully saturated rings. The summed E-state index contributed by atoms with van der Waals surface area (Å²) in [6.07, 6.45) is 0.725. The molecule has 1 aromatic heterocycles. The van der Waals surface area contributed by atoms with Crippen LogP contribution in [0.2, 0.25) is 10.0 Å². The molecule has 0 bridgehead atoms. The summed E-state index contributed by atoms with van der Waals surface area (Å²) < 4.78 is 2.88. The van der Waals surface area contributed by atoms with Crippen molar-refractivity contribution in [1.82, 2.24) is 9.13 Å². The lowest BCUT2D eigenvalue weighted by atomic mass is 10.1. The normalized spacial score (nSPS) is 12.0. The average Bonchev–Trinajstić information content (AvgIpc) is 3.43. The van der Waals surface area contributed by atoms with Crippen LogP contribution in [0.25, 0.3) is 27.8 Å². The second-order valence-electron chi connectivity index (χ2n) is 8.43. The molecule has 2 N–H and O–H groups in total. The molecular weight excluding hydrogens is 471 g/mol. The smallest absolute Gasteiger partial charge is 0.289 e. The Hall–Kier alpha value is -3.35. The van der Waals surface area contributed by atoms with Crippen molar-refractivity contribution in [3.8, 4) is 16.8 Å². The Morgan fingerprint density at radius 2 is 1.47 bits per heavy atom. The highest BCUT2D eigenvalue weighted by atomic mass is 35.5. The lowest BCUT2D eigenvalue weighted by Crippen LogP contribution is -2.45. The predicted octanol–water partition coefficient (Wildman–Crippen LogP) is 4.95. The zero-order chi connectivity index (χ0) is 24.4. The summed E-state index contributed by atoms with van der Waals surface area (Å²) in [5.74, 6) is 5.80. The van der Waals surface area contributed by atoms with Gasteiger partial charge in [-0.2, -0.15) is 5.10 Å². The lowest BCUT2D eigenvalue weighted by Gasteiger charge is -2.12. The number of benzene rings is 3. The number of aromatic nitrogens is 2. The number of nitrogens with two attached hydrogens (primary N) is 1. The van der Waals surface area contributed by atoms with Crippen LogP contribution in [0.3, 0.4) is 0 Å². The third-order valence-corrected chi connectivity index (χ3v) is 6.31. The molecular formula is C26H24Cl2N4O2. The Labute approximate surface area is 206 Å². The van der Waals surface area contributed by atoms with E-state index in [1.54, 1.807) is 36.4 Å². The molecule has 34 heavy (non-hydrogen) atoms. The molecule has 174 valence electrons. The highest BCUT2D eigenvalue weighted by Gasteiger charge is 2.16. The lowest BCUT2D eigenvalue weighted by molar-refractivity contribution is 0.516. The fourth-order valence-corrected chi connectivity index (χ4v) is 4.01. The largest absolute Gasteiger partial charge is 0.322 e. The van der Waals surface area contributed by atoms with E-state index in [1.165, 1.54) is 20.3 Å². The average molecular weight is 495 g/mol. The standard InChI is InChI=1S/C20H20Cl2N4O2.C6H4/c1-12(2)8-9-25-16-10-14(21)15(22)11-17(16)26(13-6-4-3-5-7-13)20(28)18(24-23)19(25)27;1-2-5-4-6(5)3-1/h3-7,10-12H,8-9,23H2,1-2H3;1-4H. The van der Waals surface area contributed by atoms with Crippen LogP contribution < -0.4 is 22.3 Å². The van der Waals surface area contributed by atoms with Gasteiger partial charge in [0.2, 0.25) is 5.36 Å². The van der Waals surface area contributed by atoms with Gasteiger partial charge in [-0.25, -0.2) is 0 Å². The van der Waals surface area contributed by atoms with Crippen LogP contribution >= 0.6 is 23.2 Å². The number of aryl methyl sites for hydroxylation is 1. The van der Waals surface area contributed by atoms with Gasteiger partial charge in [0.05, 0.1) is 21.1 Å². The fraction of sp³-hybridized carbons (Fsp3) is 0.192. The van der Waals surface area contributed by atoms with Crippen LogP contribution in [0, 0.1) is 5.92 Å². The minimum Gasteiger partial charge on any atom is -0.322 e. The Morgan fingerprint density at radius 3 is 1.97 bits per heavy atom. The molecule has 0 saturated carbocycles. The van der Waals surface area contributed by atoms with E-state index >= 15 is 0 Å². The first-order valence-electron chi connectivity index (χ1n) is 10.9. The van der Waals surface area contributed by atoms with Crippen molar-refractivity contribution in [2.75, 3.05) is 0 Å². The topological polar surface area (TPSA) is 82.4 Å². The van der Waals surface area contributed by atoms with Gasteiger partial charge in [0, 0.05) is 12.2 Å². The van der Waals surface area contributed by atoms with Crippen molar-refractivity contribution in [2.24, 2.45) is 16.9 Å². The molecule has 0 spiro atoms. The Balaban J connectivity index is 0.000000388. The third-order valence-electron chi connectivity index (χ3n) is 5.59. The van der Waals surface area contributed by atoms with Gasteiger partial charge in [0.1, 0.15) is 0 Å². The van der Waals surface area contributed by atoms with Crippen LogP contribution in [-0.2, 0) is 6.54 Å². The molecule has 3 aromatic rings. The summed E-state index contributed by atoms with van der Waals surface area (Å²) in [5.41, 5.74) is 3.16. The van der Waals surface area contributed by atoms with Crippen molar-refractivity contribution in [3.05, 3.63) is 103 Å². The second kappa shape index (κ2) is 9.87. The molecule has 8 heteroatoms. The molecule has 0 radical (unpaired) electrons. The molecule has 0 atom stereocenters. The molecule has 0 aliphatic heterocycles. The van der Waals surface area contributed by atoms with Crippen molar-refractivity contribution >= 4 is 34.2 Å². The number of para-hydroxylation sites is 1. The summed E-state index contributed by atoms with van der Waals surface area (Å²) >= 11 is 12.5. The molecule has 6 nitrogen and oxygen atoms in total. The van der Waals surface area contributed by atoms with E-state index in [2.05, 4.69) is 43.2 Å². The minimum atomic E-state index is -0.620. The molecule has 2 aliphatic rings. The highest BCUT2D eigenvalue weighted by molar-refractivity contribution is 6.42. The maximum absolute atomic E-state index is 13.2. The first-order valence-corrected chi connectivity index (χ1v) is 11.7. The number of nitrogens with zero attached hydrogens (tertiary/aromatic N) is 3. The van der Waals surface area contributed by atoms with Gasteiger partial charge in [0.15, 0.2) is 0 Å². The first-order chi connectivity index (χ1) is 16.3. The molecule has 1 heterocycles. The molecule has 5 rings (SSSR count). The van der Waals surface area contributed by atoms with Crippen molar-refractivity contribution in [1.29, 1.82) is 0 Å². The first kappa shape index (κ1) is 23.8. The summed E-state index contributed by atoms with van der Waals surface area (Å²) in [6, 6.07) is 20.6. The van der Waals surface area contributed by atoms with Crippen LogP contribution in [0.15, 0.2) is 81.4 Å². The van der Waals surface area contributed by atoms with Gasteiger partial charge >= 0.3 is 0 Å². The molecule has 0 unspecified atom stereocenters. The van der Waals surface area contributed by atoms with Gasteiger partial charge in [0.25, 0.3) is 11.1 Å². The van der Waals surface area contributed by atoms with E-state index in [-0.39, 0.29) is 15.4 Å². The van der Waals surface area contributed by atoms with Crippen LogP contribution in [0.1, 0.15) is 20.3 Å². The van der Waals surface area contributed by atoms with Gasteiger partial charge in [-0.15, -0.1) is 0 Å². The van der Waals surface area contributed by atoms with Crippen LogP contribution in [0.5, 0.6) is 0 Å². The highest BCUT2D eigenvalue weighted by Crippen LogP contribution is 2.32. The number of fused-ring (bicyclic) bond motifs is 2. The van der Waals surface area contributed by atoms with E-state index in [9.17, 15) is 9.59 Å². The maximum Gasteiger partial charge on any atom is 0.289 e. The fourth-order valence-electron chi connectivity index (χ4n) is 3.69. The zero-order valence-corrected chi connectivity index (χ0v) is 20.3. The van der Waals surface area contributed by atoms with Gasteiger partial charge in [-0.05, 0) is 53.8 Å². The summed E-state index contributed by atoms with van der Waals surface area (Å²) in [7, 11) is 0. The molecule has 0 saturated heterocycles. The second-order valence-corrected chi connectivity index (χ2v) is 9.24. The van der Waals surface area contributed by atoms with Crippen LogP contribution in [0.4, 0.5) is 0 Å². The maximum atomic E-state index is 13.2. The molecule has 0 amide bonds. The van der Waals surface area contributed by atoms with E-state index in [0.717, 1.165) is 6.42 Å². The summed E-state index contributed by atoms with van der Waals surface area (Å²) in [6.45, 7) is 4.49. The van der Waals surface area contributed by atoms with E-state index in [0.29, 0.717) is 29.2 Å². The van der Waals surface area contributed by atoms with E-state index in [1.807, 2.05) is 6.07 Å². The summed E-state index contributed by atoms with van der Waals surface area (Å²) in [4.78, 5) is 26.3. The molecule has 2 aliphatic carbocycles. The molecule has 2 aromatic carbocycles. The Morgan fingerprint density at radius 1 is 0.853 bits per heavy atom. The van der Waals surface area contributed by atoms with Crippen molar-refractivity contribution in [3.63, 3.8) is 0 Å². The monoisotopic (exact) mass is 494 g/mol. The SMILES string of the molecule is CC(C)CCn1c(=O)c(=NN)c(=O)n(-c2ccccc2)c2cc(Cl)c(Cl)cc21.c1cc2cc-2c1. The Bertz CT molecular complexity index is 1540. The Kier molecular flexibility index (Phi) is 6.91. The minimum absolute atomic E-state index is 0.276. The third kappa shape index (κ3) is 4.79. The van der Waals surface area contributed by atoms with Gasteiger partial charge in [-0.1, -0.05) is 73.4 Å². The number of rotatable bonds is 4. The number of hydrogen-bond donors (Lipinski definition) is 1. The number of halogens is 2. The van der Waals surface area contributed by atoms with E-state index < -0.39 is 11.1 Å². The van der Waals surface area contributed by atoms with E-state index in [4.69, 9.17) is 29.0 Å². The van der Waals surface area contributed by atoms with Crippen molar-refractivity contribution < 1.29 is 0 Å².